The summed E-state index contributed by atoms with van der Waals surface area (Å²) in [6, 6.07) is 12.3. The average molecular weight is 333 g/mol. The molecule has 0 saturated carbocycles. The minimum atomic E-state index is -1.45. The Bertz CT molecular complexity index is 754. The van der Waals surface area contributed by atoms with Crippen LogP contribution < -0.4 is 9.47 Å². The molecule has 1 atom stereocenters. The second-order valence-electron chi connectivity index (χ2n) is 5.16. The molecule has 0 aliphatic carbocycles. The fourth-order valence-corrected chi connectivity index (χ4v) is 2.41. The number of hydrogen-bond donors (Lipinski definition) is 1. The molecule has 0 amide bonds. The summed E-state index contributed by atoms with van der Waals surface area (Å²) in [4.78, 5) is 22.7. The van der Waals surface area contributed by atoms with E-state index in [0.717, 1.165) is 5.56 Å². The van der Waals surface area contributed by atoms with Crippen LogP contribution in [0.4, 0.5) is 0 Å². The van der Waals surface area contributed by atoms with Crippen LogP contribution in [0.2, 0.25) is 5.02 Å². The molecule has 6 heteroatoms. The fraction of sp³-hybridized carbons (Fsp3) is 0.176. The van der Waals surface area contributed by atoms with Gasteiger partial charge in [-0.1, -0.05) is 29.8 Å². The van der Waals surface area contributed by atoms with Crippen LogP contribution in [0.1, 0.15) is 11.1 Å². The number of rotatable bonds is 4. The van der Waals surface area contributed by atoms with Gasteiger partial charge in [-0.25, -0.2) is 4.79 Å². The number of aliphatic carboxylic acids is 1. The molecule has 2 aromatic rings. The first-order chi connectivity index (χ1) is 11.0. The first kappa shape index (κ1) is 15.4. The zero-order valence-electron chi connectivity index (χ0n) is 12.0. The average Bonchev–Trinajstić information content (AvgIpc) is 2.53. The van der Waals surface area contributed by atoms with Gasteiger partial charge in [-0.05, 0) is 23.8 Å². The van der Waals surface area contributed by atoms with Gasteiger partial charge in [-0.15, -0.1) is 0 Å². The third-order valence-corrected chi connectivity index (χ3v) is 3.74. The number of fused-ring (bicyclic) bond motifs is 1. The highest BCUT2D eigenvalue weighted by Gasteiger charge is 2.33. The van der Waals surface area contributed by atoms with E-state index in [1.165, 1.54) is 0 Å². The number of carboxylic acid groups (broad SMARTS) is 1. The van der Waals surface area contributed by atoms with Crippen molar-refractivity contribution >= 4 is 23.4 Å². The van der Waals surface area contributed by atoms with Gasteiger partial charge in [0.05, 0.1) is 0 Å². The first-order valence-corrected chi connectivity index (χ1v) is 7.33. The van der Waals surface area contributed by atoms with Crippen LogP contribution in [0, 0.1) is 0 Å². The number of carbonyl (C=O) groups is 2. The summed E-state index contributed by atoms with van der Waals surface area (Å²) in [6.07, 6.45) is -1.40. The van der Waals surface area contributed by atoms with Crippen molar-refractivity contribution in [3.05, 3.63) is 58.6 Å². The summed E-state index contributed by atoms with van der Waals surface area (Å²) in [7, 11) is 0. The van der Waals surface area contributed by atoms with E-state index in [1.807, 2.05) is 12.1 Å². The summed E-state index contributed by atoms with van der Waals surface area (Å²) in [6.45, 7) is 0.344. The minimum Gasteiger partial charge on any atom is -0.489 e. The molecule has 1 aliphatic heterocycles. The molecule has 1 aliphatic rings. The topological polar surface area (TPSA) is 72.8 Å². The zero-order chi connectivity index (χ0) is 16.4. The molecule has 0 radical (unpaired) electrons. The number of benzene rings is 2. The number of carbonyl (C=O) groups excluding carboxylic acids is 1. The van der Waals surface area contributed by atoms with Crippen molar-refractivity contribution in [2.24, 2.45) is 0 Å². The standard InChI is InChI=1S/C17H13ClO5/c18-12-4-1-10(2-5-12)9-22-13-6-3-11-7-14(19)16(17(20)21)23-15(11)8-13/h1-6,8,16H,7,9H2,(H,20,21). The minimum absolute atomic E-state index is 0.0454. The lowest BCUT2D eigenvalue weighted by Gasteiger charge is -2.22. The molecule has 0 aromatic heterocycles. The van der Waals surface area contributed by atoms with Crippen LogP contribution in [-0.4, -0.2) is 23.0 Å². The Hall–Kier alpha value is -2.53. The fourth-order valence-electron chi connectivity index (χ4n) is 2.29. The van der Waals surface area contributed by atoms with E-state index >= 15 is 0 Å². The van der Waals surface area contributed by atoms with Crippen molar-refractivity contribution in [3.63, 3.8) is 0 Å². The van der Waals surface area contributed by atoms with Gasteiger partial charge >= 0.3 is 5.97 Å². The first-order valence-electron chi connectivity index (χ1n) is 6.95. The molecule has 1 N–H and O–H groups in total. The predicted molar refractivity (Wildman–Crippen MR) is 83.0 cm³/mol. The monoisotopic (exact) mass is 332 g/mol. The zero-order valence-corrected chi connectivity index (χ0v) is 12.7. The largest absolute Gasteiger partial charge is 0.489 e. The van der Waals surface area contributed by atoms with Crippen molar-refractivity contribution < 1.29 is 24.2 Å². The number of hydrogen-bond acceptors (Lipinski definition) is 4. The van der Waals surface area contributed by atoms with Crippen LogP contribution in [0.15, 0.2) is 42.5 Å². The third-order valence-electron chi connectivity index (χ3n) is 3.48. The van der Waals surface area contributed by atoms with E-state index < -0.39 is 17.9 Å². The Morgan fingerprint density at radius 2 is 2.00 bits per heavy atom. The molecular formula is C17H13ClO5. The summed E-state index contributed by atoms with van der Waals surface area (Å²) in [5, 5.41) is 9.64. The molecular weight excluding hydrogens is 320 g/mol. The Morgan fingerprint density at radius 1 is 1.26 bits per heavy atom. The molecule has 3 rings (SSSR count). The normalized spacial score (nSPS) is 16.4. The van der Waals surface area contributed by atoms with Crippen molar-refractivity contribution in [1.82, 2.24) is 0 Å². The lowest BCUT2D eigenvalue weighted by atomic mass is 10.0. The van der Waals surface area contributed by atoms with E-state index in [4.69, 9.17) is 26.2 Å². The molecule has 2 aromatic carbocycles. The number of Topliss-reactive ketones (excluding diaryl/α,β-unsaturated/α-hetero) is 1. The van der Waals surface area contributed by atoms with Gasteiger partial charge in [0, 0.05) is 23.1 Å². The second-order valence-corrected chi connectivity index (χ2v) is 5.60. The van der Waals surface area contributed by atoms with Crippen LogP contribution >= 0.6 is 11.6 Å². The van der Waals surface area contributed by atoms with E-state index in [-0.39, 0.29) is 6.42 Å². The van der Waals surface area contributed by atoms with Crippen molar-refractivity contribution in [3.8, 4) is 11.5 Å². The maximum Gasteiger partial charge on any atom is 0.352 e. The third kappa shape index (κ3) is 3.46. The van der Waals surface area contributed by atoms with Crippen LogP contribution in [0.3, 0.4) is 0 Å². The van der Waals surface area contributed by atoms with Gasteiger partial charge in [-0.3, -0.25) is 4.79 Å². The Morgan fingerprint density at radius 3 is 2.70 bits per heavy atom. The smallest absolute Gasteiger partial charge is 0.352 e. The van der Waals surface area contributed by atoms with Crippen LogP contribution in [-0.2, 0) is 22.6 Å². The molecule has 0 fully saturated rings. The number of halogens is 1. The van der Waals surface area contributed by atoms with E-state index in [1.54, 1.807) is 30.3 Å². The Balaban J connectivity index is 1.73. The van der Waals surface area contributed by atoms with Crippen LogP contribution in [0.25, 0.3) is 0 Å². The van der Waals surface area contributed by atoms with Crippen molar-refractivity contribution in [1.29, 1.82) is 0 Å². The van der Waals surface area contributed by atoms with Gasteiger partial charge in [-0.2, -0.15) is 0 Å². The summed E-state index contributed by atoms with van der Waals surface area (Å²) < 4.78 is 10.9. The lowest BCUT2D eigenvalue weighted by molar-refractivity contribution is -0.150. The second kappa shape index (κ2) is 6.30. The van der Waals surface area contributed by atoms with E-state index in [2.05, 4.69) is 0 Å². The predicted octanol–water partition coefficient (Wildman–Crippen LogP) is 2.88. The Labute approximate surface area is 137 Å². The molecule has 0 saturated heterocycles. The molecule has 23 heavy (non-hydrogen) atoms. The van der Waals surface area contributed by atoms with Gasteiger partial charge in [0.15, 0.2) is 5.78 Å². The van der Waals surface area contributed by atoms with E-state index in [9.17, 15) is 9.59 Å². The maximum absolute atomic E-state index is 11.7. The van der Waals surface area contributed by atoms with Gasteiger partial charge < -0.3 is 14.6 Å². The molecule has 0 spiro atoms. The van der Waals surface area contributed by atoms with Crippen molar-refractivity contribution in [2.75, 3.05) is 0 Å². The highest BCUT2D eigenvalue weighted by molar-refractivity contribution is 6.30. The SMILES string of the molecule is O=C(O)C1Oc2cc(OCc3ccc(Cl)cc3)ccc2CC1=O. The number of ether oxygens (including phenoxy) is 2. The lowest BCUT2D eigenvalue weighted by Crippen LogP contribution is -2.39. The van der Waals surface area contributed by atoms with Crippen molar-refractivity contribution in [2.45, 2.75) is 19.1 Å². The van der Waals surface area contributed by atoms with Gasteiger partial charge in [0.2, 0.25) is 0 Å². The highest BCUT2D eigenvalue weighted by Crippen LogP contribution is 2.30. The highest BCUT2D eigenvalue weighted by atomic mass is 35.5. The van der Waals surface area contributed by atoms with E-state index in [0.29, 0.717) is 28.7 Å². The van der Waals surface area contributed by atoms with Gasteiger partial charge in [0.1, 0.15) is 18.1 Å². The quantitative estimate of drug-likeness (QED) is 0.872. The molecule has 118 valence electrons. The summed E-state index contributed by atoms with van der Waals surface area (Å²) in [5.41, 5.74) is 1.61. The van der Waals surface area contributed by atoms with Gasteiger partial charge in [0.25, 0.3) is 6.10 Å². The number of ketones is 1. The summed E-state index contributed by atoms with van der Waals surface area (Å²) >= 11 is 5.83. The molecule has 0 bridgehead atoms. The number of carboxylic acids is 1. The molecule has 1 unspecified atom stereocenters. The maximum atomic E-state index is 11.7. The summed E-state index contributed by atoms with van der Waals surface area (Å²) in [5.74, 6) is -0.837. The molecule has 1 heterocycles. The molecule has 5 nitrogen and oxygen atoms in total. The Kier molecular flexibility index (Phi) is 4.21. The van der Waals surface area contributed by atoms with Crippen LogP contribution in [0.5, 0.6) is 11.5 Å².